The number of hydrogen-bond donors (Lipinski definition) is 3. The highest BCUT2D eigenvalue weighted by Gasteiger charge is 2.17. The van der Waals surface area contributed by atoms with Crippen LogP contribution in [0.3, 0.4) is 0 Å². The molecule has 4 aromatic rings. The first-order chi connectivity index (χ1) is 17.9. The first-order valence-corrected chi connectivity index (χ1v) is 11.8. The topological polar surface area (TPSA) is 130 Å². The van der Waals surface area contributed by atoms with Crippen molar-refractivity contribution in [2.24, 2.45) is 10.7 Å². The SMILES string of the molecule is CN1CCN=C1c1cccc(Oc2cc(Oc3cc(C(=N)N)ccc3O)nc(-c3cccc(Cl)c3)n2)c1. The quantitative estimate of drug-likeness (QED) is 0.232. The van der Waals surface area contributed by atoms with Crippen LogP contribution in [0, 0.1) is 5.41 Å². The van der Waals surface area contributed by atoms with Crippen molar-refractivity contribution in [3.63, 3.8) is 0 Å². The van der Waals surface area contributed by atoms with E-state index in [9.17, 15) is 5.11 Å². The zero-order chi connectivity index (χ0) is 25.9. The summed E-state index contributed by atoms with van der Waals surface area (Å²) >= 11 is 6.19. The lowest BCUT2D eigenvalue weighted by Gasteiger charge is -2.15. The predicted molar refractivity (Wildman–Crippen MR) is 142 cm³/mol. The number of amidine groups is 2. The Labute approximate surface area is 218 Å². The summed E-state index contributed by atoms with van der Waals surface area (Å²) in [6, 6.07) is 20.6. The predicted octanol–water partition coefficient (Wildman–Crippen LogP) is 5.06. The number of aromatic hydroxyl groups is 1. The van der Waals surface area contributed by atoms with Crippen LogP contribution < -0.4 is 15.2 Å². The summed E-state index contributed by atoms with van der Waals surface area (Å²) in [5, 5.41) is 18.5. The fraction of sp³-hybridized carbons (Fsp3) is 0.111. The van der Waals surface area contributed by atoms with E-state index in [0.29, 0.717) is 27.7 Å². The molecule has 0 atom stereocenters. The maximum Gasteiger partial charge on any atom is 0.226 e. The summed E-state index contributed by atoms with van der Waals surface area (Å²) in [4.78, 5) is 15.7. The van der Waals surface area contributed by atoms with E-state index >= 15 is 0 Å². The van der Waals surface area contributed by atoms with Crippen LogP contribution >= 0.6 is 11.6 Å². The van der Waals surface area contributed by atoms with Crippen LogP contribution in [0.1, 0.15) is 11.1 Å². The third kappa shape index (κ3) is 5.46. The fourth-order valence-corrected chi connectivity index (χ4v) is 4.00. The van der Waals surface area contributed by atoms with Gasteiger partial charge in [0.1, 0.15) is 17.4 Å². The fourth-order valence-electron chi connectivity index (χ4n) is 3.80. The average Bonchev–Trinajstić information content (AvgIpc) is 3.31. The van der Waals surface area contributed by atoms with Gasteiger partial charge >= 0.3 is 0 Å². The molecule has 1 aliphatic heterocycles. The molecule has 5 rings (SSSR count). The van der Waals surface area contributed by atoms with E-state index in [4.69, 9.17) is 32.2 Å². The lowest BCUT2D eigenvalue weighted by molar-refractivity contribution is 0.397. The first kappa shape index (κ1) is 24.1. The average molecular weight is 515 g/mol. The number of phenolic OH excluding ortho intramolecular Hbond substituents is 1. The minimum Gasteiger partial charge on any atom is -0.504 e. The van der Waals surface area contributed by atoms with Crippen LogP contribution in [-0.2, 0) is 0 Å². The van der Waals surface area contributed by atoms with Crippen LogP contribution in [-0.4, -0.2) is 51.8 Å². The summed E-state index contributed by atoms with van der Waals surface area (Å²) in [6.45, 7) is 1.62. The molecule has 0 unspecified atom stereocenters. The standard InChI is InChI=1S/C27H23ClN6O3/c1-34-11-10-31-27(34)18-5-3-7-20(13-18)36-23-15-24(33-26(32-23)17-4-2-6-19(28)12-17)37-22-14-16(25(29)30)8-9-21(22)35/h2-9,12-15,35H,10-11H2,1H3,(H3,29,30). The van der Waals surface area contributed by atoms with Crippen molar-refractivity contribution >= 4 is 23.3 Å². The minimum absolute atomic E-state index is 0.0821. The molecule has 0 saturated carbocycles. The van der Waals surface area contributed by atoms with Gasteiger partial charge in [0.05, 0.1) is 12.6 Å². The molecule has 0 bridgehead atoms. The van der Waals surface area contributed by atoms with Gasteiger partial charge in [-0.1, -0.05) is 35.9 Å². The van der Waals surface area contributed by atoms with Crippen LogP contribution in [0.2, 0.25) is 5.02 Å². The highest BCUT2D eigenvalue weighted by Crippen LogP contribution is 2.34. The van der Waals surface area contributed by atoms with E-state index in [2.05, 4.69) is 19.9 Å². The maximum atomic E-state index is 10.3. The second kappa shape index (κ2) is 10.2. The number of phenols is 1. The molecule has 0 aliphatic carbocycles. The number of nitrogens with one attached hydrogen (secondary N) is 1. The summed E-state index contributed by atoms with van der Waals surface area (Å²) < 4.78 is 12.0. The molecule has 37 heavy (non-hydrogen) atoms. The van der Waals surface area contributed by atoms with Gasteiger partial charge in [-0.2, -0.15) is 9.97 Å². The highest BCUT2D eigenvalue weighted by molar-refractivity contribution is 6.30. The molecule has 0 radical (unpaired) electrons. The van der Waals surface area contributed by atoms with Gasteiger partial charge < -0.3 is 25.2 Å². The number of nitrogen functional groups attached to an aromatic ring is 1. The van der Waals surface area contributed by atoms with Gasteiger partial charge in [0.2, 0.25) is 11.8 Å². The maximum absolute atomic E-state index is 10.3. The Kier molecular flexibility index (Phi) is 6.61. The van der Waals surface area contributed by atoms with E-state index in [1.165, 1.54) is 24.3 Å². The van der Waals surface area contributed by atoms with Gasteiger partial charge in [-0.15, -0.1) is 0 Å². The molecule has 2 heterocycles. The third-order valence-electron chi connectivity index (χ3n) is 5.62. The van der Waals surface area contributed by atoms with Gasteiger partial charge in [-0.3, -0.25) is 10.4 Å². The second-order valence-electron chi connectivity index (χ2n) is 8.33. The molecule has 186 valence electrons. The molecule has 0 saturated heterocycles. The Morgan fingerprint density at radius 3 is 2.46 bits per heavy atom. The molecular formula is C27H23ClN6O3. The number of halogens is 1. The van der Waals surface area contributed by atoms with Gasteiger partial charge in [-0.05, 0) is 42.5 Å². The monoisotopic (exact) mass is 514 g/mol. The van der Waals surface area contributed by atoms with Crippen molar-refractivity contribution in [1.82, 2.24) is 14.9 Å². The van der Waals surface area contributed by atoms with Gasteiger partial charge in [0.25, 0.3) is 0 Å². The zero-order valence-corrected chi connectivity index (χ0v) is 20.6. The van der Waals surface area contributed by atoms with E-state index in [0.717, 1.165) is 24.5 Å². The molecule has 10 heteroatoms. The van der Waals surface area contributed by atoms with Crippen LogP contribution in [0.15, 0.2) is 77.8 Å². The summed E-state index contributed by atoms with van der Waals surface area (Å²) in [7, 11) is 2.00. The molecule has 3 aromatic carbocycles. The van der Waals surface area contributed by atoms with Crippen molar-refractivity contribution in [1.29, 1.82) is 5.41 Å². The van der Waals surface area contributed by atoms with Crippen molar-refractivity contribution in [3.05, 3.63) is 88.9 Å². The molecule has 0 spiro atoms. The molecule has 0 amide bonds. The van der Waals surface area contributed by atoms with Crippen molar-refractivity contribution in [3.8, 4) is 40.4 Å². The number of rotatable bonds is 7. The van der Waals surface area contributed by atoms with E-state index in [-0.39, 0.29) is 29.1 Å². The van der Waals surface area contributed by atoms with Crippen LogP contribution in [0.25, 0.3) is 11.4 Å². The number of nitrogens with zero attached hydrogens (tertiary/aromatic N) is 4. The number of likely N-dealkylation sites (N-methyl/N-ethyl adjacent to an activating group) is 1. The lowest BCUT2D eigenvalue weighted by atomic mass is 10.2. The Morgan fingerprint density at radius 1 is 0.973 bits per heavy atom. The molecule has 0 fully saturated rings. The summed E-state index contributed by atoms with van der Waals surface area (Å²) in [5.41, 5.74) is 7.57. The van der Waals surface area contributed by atoms with E-state index in [1.807, 2.05) is 37.4 Å². The highest BCUT2D eigenvalue weighted by atomic mass is 35.5. The molecule has 4 N–H and O–H groups in total. The van der Waals surface area contributed by atoms with Crippen molar-refractivity contribution < 1.29 is 14.6 Å². The Balaban J connectivity index is 1.52. The molecule has 1 aliphatic rings. The Bertz CT molecular complexity index is 1520. The van der Waals surface area contributed by atoms with E-state index in [1.54, 1.807) is 18.2 Å². The molecule has 1 aromatic heterocycles. The molecule has 9 nitrogen and oxygen atoms in total. The zero-order valence-electron chi connectivity index (χ0n) is 19.9. The van der Waals surface area contributed by atoms with E-state index < -0.39 is 0 Å². The molecular weight excluding hydrogens is 492 g/mol. The lowest BCUT2D eigenvalue weighted by Crippen LogP contribution is -2.23. The minimum atomic E-state index is -0.159. The van der Waals surface area contributed by atoms with Gasteiger partial charge in [0.15, 0.2) is 17.3 Å². The first-order valence-electron chi connectivity index (χ1n) is 11.4. The Morgan fingerprint density at radius 2 is 1.73 bits per heavy atom. The van der Waals surface area contributed by atoms with Crippen molar-refractivity contribution in [2.45, 2.75) is 0 Å². The van der Waals surface area contributed by atoms with Crippen LogP contribution in [0.5, 0.6) is 29.0 Å². The summed E-state index contributed by atoms with van der Waals surface area (Å²) in [6.07, 6.45) is 0. The number of hydrogen-bond acceptors (Lipinski definition) is 8. The van der Waals surface area contributed by atoms with Crippen LogP contribution in [0.4, 0.5) is 0 Å². The normalized spacial score (nSPS) is 12.8. The van der Waals surface area contributed by atoms with Crippen molar-refractivity contribution in [2.75, 3.05) is 20.1 Å². The second-order valence-corrected chi connectivity index (χ2v) is 8.77. The Hall–Kier alpha value is -4.63. The van der Waals surface area contributed by atoms with Gasteiger partial charge in [0, 0.05) is 35.3 Å². The van der Waals surface area contributed by atoms with Gasteiger partial charge in [-0.25, -0.2) is 0 Å². The number of nitrogens with two attached hydrogens (primary N) is 1. The third-order valence-corrected chi connectivity index (χ3v) is 5.86. The number of benzene rings is 3. The number of aliphatic imine (C=N–C) groups is 1. The number of aromatic nitrogens is 2. The number of ether oxygens (including phenoxy) is 2. The summed E-state index contributed by atoms with van der Waals surface area (Å²) in [5.74, 6) is 1.90. The largest absolute Gasteiger partial charge is 0.504 e. The smallest absolute Gasteiger partial charge is 0.226 e.